The molecule has 0 unspecified atom stereocenters. The highest BCUT2D eigenvalue weighted by atomic mass is 35.5. The summed E-state index contributed by atoms with van der Waals surface area (Å²) in [5.74, 6) is 0.180. The minimum absolute atomic E-state index is 0.0885. The maximum Gasteiger partial charge on any atom is 0.247 e. The molecule has 2 aromatic carbocycles. The molecule has 1 aliphatic rings. The smallest absolute Gasteiger partial charge is 0.247 e. The van der Waals surface area contributed by atoms with Gasteiger partial charge < -0.3 is 35.6 Å². The first-order valence-corrected chi connectivity index (χ1v) is 14.0. The Kier molecular flexibility index (Phi) is 9.55. The fourth-order valence-electron chi connectivity index (χ4n) is 4.80. The number of likely N-dealkylation sites (N-methyl/N-ethyl adjacent to an activating group) is 1. The highest BCUT2D eigenvalue weighted by molar-refractivity contribution is 6.31. The molecule has 1 fully saturated rings. The van der Waals surface area contributed by atoms with Crippen molar-refractivity contribution < 1.29 is 19.0 Å². The summed E-state index contributed by atoms with van der Waals surface area (Å²) in [6.07, 6.45) is 4.12. The van der Waals surface area contributed by atoms with Crippen LogP contribution >= 0.6 is 11.6 Å². The molecule has 4 N–H and O–H groups in total. The zero-order valence-electron chi connectivity index (χ0n) is 24.5. The van der Waals surface area contributed by atoms with Crippen molar-refractivity contribution in [2.45, 2.75) is 38.3 Å². The molecule has 0 bridgehead atoms. The van der Waals surface area contributed by atoms with Crippen molar-refractivity contribution in [2.24, 2.45) is 0 Å². The van der Waals surface area contributed by atoms with Crippen LogP contribution in [0, 0.1) is 5.82 Å². The molecular weight excluding hydrogens is 561 g/mol. The fraction of sp³-hybridized carbons (Fsp3) is 0.367. The van der Waals surface area contributed by atoms with Crippen molar-refractivity contribution in [3.8, 4) is 5.75 Å². The van der Waals surface area contributed by atoms with Crippen molar-refractivity contribution in [1.29, 1.82) is 0 Å². The summed E-state index contributed by atoms with van der Waals surface area (Å²) in [5.41, 5.74) is 1.40. The van der Waals surface area contributed by atoms with Gasteiger partial charge in [0.1, 0.15) is 17.4 Å². The lowest BCUT2D eigenvalue weighted by atomic mass is 9.91. The van der Waals surface area contributed by atoms with Crippen LogP contribution in [0.15, 0.2) is 49.2 Å². The lowest BCUT2D eigenvalue weighted by molar-refractivity contribution is -0.111. The quantitative estimate of drug-likeness (QED) is 0.208. The average molecular weight is 598 g/mol. The van der Waals surface area contributed by atoms with E-state index in [9.17, 15) is 14.3 Å². The number of anilines is 6. The van der Waals surface area contributed by atoms with E-state index >= 15 is 0 Å². The Labute approximate surface area is 250 Å². The maximum absolute atomic E-state index is 14.3. The standard InChI is InChI=1S/C30H37ClFN7O3/c1-7-28(40)35-23-15-24(26(42-6)16-25(23)39-12-10-18(17-39)38(4)5)36-29-33-11-9-27(37-29)34-22-14-20(31)21(32)13-19(22)30(3,41)8-2/h7,9,11,13-16,18,41H,1,8,10,12,17H2,2-6H3,(H,35,40)(H2,33,34,36,37)/t18-,30+/m1/s1. The molecular formula is C30H37ClFN7O3. The van der Waals surface area contributed by atoms with Gasteiger partial charge in [-0.1, -0.05) is 25.1 Å². The fourth-order valence-corrected chi connectivity index (χ4v) is 4.96. The van der Waals surface area contributed by atoms with Crippen molar-refractivity contribution >= 4 is 52.0 Å². The van der Waals surface area contributed by atoms with Gasteiger partial charge in [-0.25, -0.2) is 9.37 Å². The van der Waals surface area contributed by atoms with Crippen molar-refractivity contribution in [2.75, 3.05) is 55.1 Å². The number of ether oxygens (including phenoxy) is 1. The van der Waals surface area contributed by atoms with Crippen LogP contribution in [0.25, 0.3) is 0 Å². The lowest BCUT2D eigenvalue weighted by Crippen LogP contribution is -2.31. The number of benzene rings is 2. The van der Waals surface area contributed by atoms with E-state index in [1.807, 2.05) is 6.07 Å². The Morgan fingerprint density at radius 1 is 1.29 bits per heavy atom. The van der Waals surface area contributed by atoms with Gasteiger partial charge >= 0.3 is 0 Å². The normalized spacial score (nSPS) is 16.2. The van der Waals surface area contributed by atoms with Crippen LogP contribution in [0.3, 0.4) is 0 Å². The summed E-state index contributed by atoms with van der Waals surface area (Å²) in [6, 6.07) is 8.32. The number of methoxy groups -OCH3 is 1. The molecule has 42 heavy (non-hydrogen) atoms. The second kappa shape index (κ2) is 12.9. The molecule has 1 aliphatic heterocycles. The van der Waals surface area contributed by atoms with Gasteiger partial charge in [-0.05, 0) is 64.2 Å². The van der Waals surface area contributed by atoms with Crippen molar-refractivity contribution in [1.82, 2.24) is 14.9 Å². The zero-order valence-corrected chi connectivity index (χ0v) is 25.2. The molecule has 0 aliphatic carbocycles. The van der Waals surface area contributed by atoms with Gasteiger partial charge in [-0.3, -0.25) is 4.79 Å². The van der Waals surface area contributed by atoms with E-state index in [0.717, 1.165) is 25.2 Å². The third kappa shape index (κ3) is 6.92. The largest absolute Gasteiger partial charge is 0.494 e. The van der Waals surface area contributed by atoms with Gasteiger partial charge in [0.25, 0.3) is 0 Å². The summed E-state index contributed by atoms with van der Waals surface area (Å²) < 4.78 is 20.0. The molecule has 1 saturated heterocycles. The highest BCUT2D eigenvalue weighted by Crippen LogP contribution is 2.40. The van der Waals surface area contributed by atoms with Crippen LogP contribution in [0.1, 0.15) is 32.3 Å². The molecule has 1 amide bonds. The summed E-state index contributed by atoms with van der Waals surface area (Å²) >= 11 is 6.06. The monoisotopic (exact) mass is 597 g/mol. The number of nitrogens with zero attached hydrogens (tertiary/aromatic N) is 4. The van der Waals surface area contributed by atoms with Crippen molar-refractivity contribution in [3.63, 3.8) is 0 Å². The van der Waals surface area contributed by atoms with Gasteiger partial charge in [0.05, 0.1) is 34.8 Å². The molecule has 2 heterocycles. The number of nitrogens with one attached hydrogen (secondary N) is 3. The minimum atomic E-state index is -1.30. The van der Waals surface area contributed by atoms with E-state index in [0.29, 0.717) is 46.7 Å². The summed E-state index contributed by atoms with van der Waals surface area (Å²) in [5, 5.41) is 20.0. The van der Waals surface area contributed by atoms with Crippen LogP contribution in [0.5, 0.6) is 5.75 Å². The molecule has 10 nitrogen and oxygen atoms in total. The Hall–Kier alpha value is -3.93. The Balaban J connectivity index is 1.67. The van der Waals surface area contributed by atoms with Gasteiger partial charge in [0.2, 0.25) is 11.9 Å². The number of carbonyl (C=O) groups excluding carboxylic acids is 1. The number of hydrogen-bond donors (Lipinski definition) is 4. The molecule has 0 saturated carbocycles. The second-order valence-corrected chi connectivity index (χ2v) is 11.0. The van der Waals surface area contributed by atoms with E-state index in [2.05, 4.69) is 56.4 Å². The summed E-state index contributed by atoms with van der Waals surface area (Å²) in [6.45, 7) is 8.62. The van der Waals surface area contributed by atoms with E-state index in [1.54, 1.807) is 39.3 Å². The molecule has 12 heteroatoms. The molecule has 4 rings (SSSR count). The third-order valence-corrected chi connectivity index (χ3v) is 7.78. The second-order valence-electron chi connectivity index (χ2n) is 10.6. The Morgan fingerprint density at radius 2 is 2.05 bits per heavy atom. The molecule has 0 radical (unpaired) electrons. The number of amides is 1. The SMILES string of the molecule is C=CC(=O)Nc1cc(Nc2nccc(Nc3cc(Cl)c(F)cc3[C@@](C)(O)CC)n2)c(OC)cc1N1CC[C@@H](N(C)C)C1. The minimum Gasteiger partial charge on any atom is -0.494 e. The summed E-state index contributed by atoms with van der Waals surface area (Å²) in [7, 11) is 5.68. The number of halogens is 2. The van der Waals surface area contributed by atoms with Crippen LogP contribution in [-0.4, -0.2) is 66.2 Å². The van der Waals surface area contributed by atoms with E-state index < -0.39 is 11.4 Å². The predicted octanol–water partition coefficient (Wildman–Crippen LogP) is 5.65. The molecule has 224 valence electrons. The topological polar surface area (TPSA) is 115 Å². The van der Waals surface area contributed by atoms with Gasteiger partial charge in [0, 0.05) is 42.6 Å². The number of hydrogen-bond acceptors (Lipinski definition) is 9. The number of aromatic nitrogens is 2. The average Bonchev–Trinajstić information content (AvgIpc) is 3.46. The van der Waals surface area contributed by atoms with Crippen LogP contribution < -0.4 is 25.6 Å². The van der Waals surface area contributed by atoms with Crippen LogP contribution in [0.4, 0.5) is 38.9 Å². The van der Waals surface area contributed by atoms with Gasteiger partial charge in [0.15, 0.2) is 0 Å². The Morgan fingerprint density at radius 3 is 2.69 bits per heavy atom. The lowest BCUT2D eigenvalue weighted by Gasteiger charge is -2.26. The van der Waals surface area contributed by atoms with Gasteiger partial charge in [-0.15, -0.1) is 0 Å². The first-order chi connectivity index (χ1) is 19.9. The van der Waals surface area contributed by atoms with E-state index in [4.69, 9.17) is 16.3 Å². The van der Waals surface area contributed by atoms with E-state index in [-0.39, 0.29) is 16.9 Å². The summed E-state index contributed by atoms with van der Waals surface area (Å²) in [4.78, 5) is 25.6. The first-order valence-electron chi connectivity index (χ1n) is 13.6. The molecule has 2 atom stereocenters. The van der Waals surface area contributed by atoms with Crippen LogP contribution in [-0.2, 0) is 10.4 Å². The number of rotatable bonds is 11. The van der Waals surface area contributed by atoms with Gasteiger partial charge in [-0.2, -0.15) is 4.98 Å². The molecule has 1 aromatic heterocycles. The maximum atomic E-state index is 14.3. The molecule has 3 aromatic rings. The van der Waals surface area contributed by atoms with Crippen molar-refractivity contribution in [3.05, 3.63) is 65.6 Å². The number of carbonyl (C=O) groups is 1. The predicted molar refractivity (Wildman–Crippen MR) is 166 cm³/mol. The van der Waals surface area contributed by atoms with E-state index in [1.165, 1.54) is 18.2 Å². The third-order valence-electron chi connectivity index (χ3n) is 7.49. The van der Waals surface area contributed by atoms with Crippen LogP contribution in [0.2, 0.25) is 5.02 Å². The first kappa shape index (κ1) is 31.0. The molecule has 0 spiro atoms. The number of aliphatic hydroxyl groups is 1. The Bertz CT molecular complexity index is 1470. The zero-order chi connectivity index (χ0) is 30.6. The highest BCUT2D eigenvalue weighted by Gasteiger charge is 2.28.